The Morgan fingerprint density at radius 2 is 1.74 bits per heavy atom. The number of benzene rings is 1. The second kappa shape index (κ2) is 12.5. The number of hydrogen-bond donors (Lipinski definition) is 3. The summed E-state index contributed by atoms with van der Waals surface area (Å²) >= 11 is 0. The Kier molecular flexibility index (Phi) is 9.35. The molecule has 1 aliphatic carbocycles. The standard InChI is InChI=1S/C27H29F8N5O3/c1-14(36-21(41)7-11-27(33,34)35)16-2-3-19-20(12-16)38-23(37-19)22(15-4-8-25(28,29)9-5-15)39-24(42)17-13-43-40-18(17)6-10-26(30,31)32/h2-3,12-15,22H,4-11H2,1H3,(H,36,41)(H,37,38)(H,39,42)/t14-,22+/m1/s1. The van der Waals surface area contributed by atoms with E-state index in [0.29, 0.717) is 16.6 Å². The van der Waals surface area contributed by atoms with Gasteiger partial charge in [0.2, 0.25) is 11.8 Å². The Labute approximate surface area is 240 Å². The van der Waals surface area contributed by atoms with Crippen LogP contribution in [0.25, 0.3) is 11.0 Å². The van der Waals surface area contributed by atoms with E-state index in [2.05, 4.69) is 25.8 Å². The minimum absolute atomic E-state index is 0.0335. The molecule has 2 atom stereocenters. The van der Waals surface area contributed by atoms with Crippen LogP contribution in [-0.4, -0.2) is 45.2 Å². The Morgan fingerprint density at radius 3 is 2.40 bits per heavy atom. The van der Waals surface area contributed by atoms with Crippen molar-refractivity contribution in [2.24, 2.45) is 5.92 Å². The van der Waals surface area contributed by atoms with Gasteiger partial charge in [-0.1, -0.05) is 11.2 Å². The summed E-state index contributed by atoms with van der Waals surface area (Å²) in [7, 11) is 0. The number of amides is 2. The third kappa shape index (κ3) is 8.89. The number of hydrogen-bond acceptors (Lipinski definition) is 5. The molecule has 0 spiro atoms. The van der Waals surface area contributed by atoms with Crippen LogP contribution in [-0.2, 0) is 11.2 Å². The lowest BCUT2D eigenvalue weighted by Gasteiger charge is -2.33. The van der Waals surface area contributed by atoms with E-state index < -0.39 is 86.6 Å². The molecule has 2 amide bonds. The van der Waals surface area contributed by atoms with E-state index in [1.165, 1.54) is 0 Å². The van der Waals surface area contributed by atoms with Gasteiger partial charge < -0.3 is 20.1 Å². The highest BCUT2D eigenvalue weighted by atomic mass is 19.4. The van der Waals surface area contributed by atoms with Crippen molar-refractivity contribution >= 4 is 22.8 Å². The van der Waals surface area contributed by atoms with Crippen molar-refractivity contribution in [2.75, 3.05) is 0 Å². The van der Waals surface area contributed by atoms with Crippen molar-refractivity contribution in [3.8, 4) is 0 Å². The number of rotatable bonds is 10. The molecule has 2 heterocycles. The zero-order valence-corrected chi connectivity index (χ0v) is 22.8. The second-order valence-electron chi connectivity index (χ2n) is 10.7. The number of nitrogens with zero attached hydrogens (tertiary/aromatic N) is 2. The maximum absolute atomic E-state index is 13.9. The number of H-pyrrole nitrogens is 1. The predicted molar refractivity (Wildman–Crippen MR) is 136 cm³/mol. The van der Waals surface area contributed by atoms with E-state index in [0.717, 1.165) is 6.26 Å². The molecule has 1 aliphatic rings. The maximum atomic E-state index is 13.9. The summed E-state index contributed by atoms with van der Waals surface area (Å²) in [5, 5.41) is 8.73. The first kappa shape index (κ1) is 32.2. The normalized spacial score (nSPS) is 17.5. The Hall–Kier alpha value is -3.72. The van der Waals surface area contributed by atoms with Gasteiger partial charge in [0.05, 0.1) is 35.2 Å². The number of carbonyl (C=O) groups is 2. The molecule has 8 nitrogen and oxygen atoms in total. The molecular formula is C27H29F8N5O3. The highest BCUT2D eigenvalue weighted by Gasteiger charge is 2.40. The molecule has 3 aromatic rings. The molecule has 1 aromatic carbocycles. The maximum Gasteiger partial charge on any atom is 0.389 e. The van der Waals surface area contributed by atoms with Gasteiger partial charge in [-0.3, -0.25) is 9.59 Å². The number of imidazole rings is 1. The van der Waals surface area contributed by atoms with Gasteiger partial charge in [-0.05, 0) is 43.4 Å². The van der Waals surface area contributed by atoms with Crippen molar-refractivity contribution in [1.29, 1.82) is 0 Å². The van der Waals surface area contributed by atoms with Crippen LogP contribution < -0.4 is 10.6 Å². The lowest BCUT2D eigenvalue weighted by molar-refractivity contribution is -0.144. The van der Waals surface area contributed by atoms with E-state index in [1.807, 2.05) is 0 Å². The van der Waals surface area contributed by atoms with Gasteiger partial charge in [0.25, 0.3) is 5.91 Å². The van der Waals surface area contributed by atoms with Gasteiger partial charge in [0.1, 0.15) is 17.7 Å². The van der Waals surface area contributed by atoms with E-state index in [9.17, 15) is 44.7 Å². The van der Waals surface area contributed by atoms with E-state index in [1.54, 1.807) is 25.1 Å². The average molecular weight is 624 g/mol. The molecule has 0 radical (unpaired) electrons. The highest BCUT2D eigenvalue weighted by molar-refractivity contribution is 5.95. The predicted octanol–water partition coefficient (Wildman–Crippen LogP) is 6.86. The van der Waals surface area contributed by atoms with Crippen LogP contribution in [0.1, 0.15) is 91.4 Å². The lowest BCUT2D eigenvalue weighted by Crippen LogP contribution is -2.38. The summed E-state index contributed by atoms with van der Waals surface area (Å²) in [6, 6.07) is 3.23. The van der Waals surface area contributed by atoms with Crippen LogP contribution in [0.5, 0.6) is 0 Å². The van der Waals surface area contributed by atoms with Crippen molar-refractivity contribution in [1.82, 2.24) is 25.8 Å². The fourth-order valence-electron chi connectivity index (χ4n) is 5.03. The van der Waals surface area contributed by atoms with E-state index >= 15 is 0 Å². The van der Waals surface area contributed by atoms with Crippen molar-refractivity contribution in [2.45, 2.75) is 88.6 Å². The third-order valence-corrected chi connectivity index (χ3v) is 7.39. The topological polar surface area (TPSA) is 113 Å². The Bertz CT molecular complexity index is 1420. The molecule has 0 bridgehead atoms. The number of carbonyl (C=O) groups excluding carboxylic acids is 2. The number of aryl methyl sites for hydroxylation is 1. The molecule has 16 heteroatoms. The van der Waals surface area contributed by atoms with Crippen molar-refractivity contribution in [3.05, 3.63) is 47.1 Å². The van der Waals surface area contributed by atoms with Crippen molar-refractivity contribution < 1.29 is 49.2 Å². The van der Waals surface area contributed by atoms with Gasteiger partial charge in [0, 0.05) is 32.1 Å². The minimum atomic E-state index is -4.49. The lowest BCUT2D eigenvalue weighted by atomic mass is 9.81. The number of fused-ring (bicyclic) bond motifs is 1. The molecule has 1 fully saturated rings. The van der Waals surface area contributed by atoms with Crippen LogP contribution in [0, 0.1) is 5.92 Å². The summed E-state index contributed by atoms with van der Waals surface area (Å²) in [5.41, 5.74) is 0.985. The summed E-state index contributed by atoms with van der Waals surface area (Å²) in [4.78, 5) is 32.7. The molecule has 3 N–H and O–H groups in total. The number of alkyl halides is 8. The van der Waals surface area contributed by atoms with Gasteiger partial charge >= 0.3 is 12.4 Å². The molecule has 236 valence electrons. The molecule has 43 heavy (non-hydrogen) atoms. The van der Waals surface area contributed by atoms with E-state index in [-0.39, 0.29) is 29.9 Å². The van der Waals surface area contributed by atoms with Gasteiger partial charge in [-0.2, -0.15) is 26.3 Å². The fourth-order valence-corrected chi connectivity index (χ4v) is 5.03. The summed E-state index contributed by atoms with van der Waals surface area (Å²) < 4.78 is 108. The smallest absolute Gasteiger partial charge is 0.364 e. The van der Waals surface area contributed by atoms with Crippen molar-refractivity contribution in [3.63, 3.8) is 0 Å². The molecular weight excluding hydrogens is 594 g/mol. The van der Waals surface area contributed by atoms with Gasteiger partial charge in [-0.25, -0.2) is 13.8 Å². The summed E-state index contributed by atoms with van der Waals surface area (Å²) in [6.45, 7) is 1.59. The summed E-state index contributed by atoms with van der Waals surface area (Å²) in [5.74, 6) is -4.74. The van der Waals surface area contributed by atoms with Gasteiger partial charge in [-0.15, -0.1) is 0 Å². The van der Waals surface area contributed by atoms with Crippen LogP contribution >= 0.6 is 0 Å². The van der Waals surface area contributed by atoms with Crippen LogP contribution in [0.15, 0.2) is 29.0 Å². The monoisotopic (exact) mass is 623 g/mol. The molecule has 1 saturated carbocycles. The Morgan fingerprint density at radius 1 is 1.07 bits per heavy atom. The second-order valence-corrected chi connectivity index (χ2v) is 10.7. The van der Waals surface area contributed by atoms with Crippen LogP contribution in [0.2, 0.25) is 0 Å². The third-order valence-electron chi connectivity index (χ3n) is 7.39. The Balaban J connectivity index is 1.55. The first-order valence-electron chi connectivity index (χ1n) is 13.5. The fraction of sp³-hybridized carbons (Fsp3) is 0.556. The van der Waals surface area contributed by atoms with Gasteiger partial charge in [0.15, 0.2) is 0 Å². The quantitative estimate of drug-likeness (QED) is 0.214. The molecule has 0 saturated heterocycles. The number of aromatic nitrogens is 3. The first-order chi connectivity index (χ1) is 20.0. The number of halogens is 8. The van der Waals surface area contributed by atoms with Crippen LogP contribution in [0.3, 0.4) is 0 Å². The zero-order chi connectivity index (χ0) is 31.6. The minimum Gasteiger partial charge on any atom is -0.364 e. The molecule has 0 aliphatic heterocycles. The number of nitrogens with one attached hydrogen (secondary N) is 3. The molecule has 2 aromatic heterocycles. The molecule has 4 rings (SSSR count). The first-order valence-corrected chi connectivity index (χ1v) is 13.5. The largest absolute Gasteiger partial charge is 0.389 e. The summed E-state index contributed by atoms with van der Waals surface area (Å²) in [6.07, 6.45) is -12.6. The van der Waals surface area contributed by atoms with E-state index in [4.69, 9.17) is 4.52 Å². The highest BCUT2D eigenvalue weighted by Crippen LogP contribution is 2.41. The number of aromatic amines is 1. The SMILES string of the molecule is C[C@@H](NC(=O)CCC(F)(F)F)c1ccc2nc([C@@H](NC(=O)c3conc3CCC(F)(F)F)C3CCC(F)(F)CC3)[nH]c2c1. The average Bonchev–Trinajstić information content (AvgIpc) is 3.55. The molecule has 0 unspecified atom stereocenters. The van der Waals surface area contributed by atoms with Crippen LogP contribution in [0.4, 0.5) is 35.1 Å². The zero-order valence-electron chi connectivity index (χ0n) is 22.8.